The van der Waals surface area contributed by atoms with Crippen LogP contribution in [-0.2, 0) is 28.6 Å². The summed E-state index contributed by atoms with van der Waals surface area (Å²) in [6.45, 7) is 6.26. The number of rotatable bonds is 39. The minimum Gasteiger partial charge on any atom is -0.462 e. The van der Waals surface area contributed by atoms with E-state index in [1.165, 1.54) is 38.5 Å². The van der Waals surface area contributed by atoms with Crippen LogP contribution >= 0.6 is 0 Å². The van der Waals surface area contributed by atoms with E-state index < -0.39 is 6.10 Å². The SMILES string of the molecule is CC\C=C/C=C\C=C/C=C\C=C/CCCCCC(=O)OCC(COC(=O)CCCCCC/C=C\CCCC)OC(=O)CCCCCCCCC/C=C\C/C=C\CC. The van der Waals surface area contributed by atoms with E-state index in [4.69, 9.17) is 14.2 Å². The van der Waals surface area contributed by atoms with E-state index in [-0.39, 0.29) is 31.1 Å². The molecule has 0 N–H and O–H groups in total. The Morgan fingerprint density at radius 3 is 1.30 bits per heavy atom. The van der Waals surface area contributed by atoms with Gasteiger partial charge in [0.25, 0.3) is 0 Å². The van der Waals surface area contributed by atoms with Crippen LogP contribution in [0.1, 0.15) is 188 Å². The van der Waals surface area contributed by atoms with Gasteiger partial charge in [-0.3, -0.25) is 14.4 Å². The van der Waals surface area contributed by atoms with Gasteiger partial charge in [0.15, 0.2) is 6.10 Å². The summed E-state index contributed by atoms with van der Waals surface area (Å²) in [6, 6.07) is 0. The molecule has 57 heavy (non-hydrogen) atoms. The van der Waals surface area contributed by atoms with E-state index in [2.05, 4.69) is 69.4 Å². The van der Waals surface area contributed by atoms with Gasteiger partial charge in [-0.2, -0.15) is 0 Å². The number of esters is 3. The quantitative estimate of drug-likeness (QED) is 0.0203. The van der Waals surface area contributed by atoms with E-state index in [0.717, 1.165) is 109 Å². The third kappa shape index (κ3) is 43.3. The second kappa shape index (κ2) is 45.0. The molecule has 6 heteroatoms. The number of ether oxygens (including phenoxy) is 3. The second-order valence-corrected chi connectivity index (χ2v) is 14.7. The highest BCUT2D eigenvalue weighted by atomic mass is 16.6. The van der Waals surface area contributed by atoms with Crippen LogP contribution in [0.25, 0.3) is 0 Å². The van der Waals surface area contributed by atoms with Crippen molar-refractivity contribution in [2.45, 2.75) is 194 Å². The number of allylic oxidation sites excluding steroid dienone is 16. The number of hydrogen-bond donors (Lipinski definition) is 0. The molecule has 1 unspecified atom stereocenters. The Balaban J connectivity index is 4.50. The fourth-order valence-corrected chi connectivity index (χ4v) is 5.77. The maximum absolute atomic E-state index is 12.7. The van der Waals surface area contributed by atoms with Gasteiger partial charge in [-0.25, -0.2) is 0 Å². The smallest absolute Gasteiger partial charge is 0.306 e. The summed E-state index contributed by atoms with van der Waals surface area (Å²) in [5.41, 5.74) is 0. The zero-order valence-electron chi connectivity index (χ0n) is 36.6. The molecule has 0 aliphatic carbocycles. The highest BCUT2D eigenvalue weighted by Gasteiger charge is 2.19. The van der Waals surface area contributed by atoms with Crippen molar-refractivity contribution in [1.82, 2.24) is 0 Å². The number of unbranched alkanes of at least 4 members (excludes halogenated alkanes) is 16. The molecule has 0 radical (unpaired) electrons. The van der Waals surface area contributed by atoms with Gasteiger partial charge in [-0.05, 0) is 83.5 Å². The minimum atomic E-state index is -0.802. The van der Waals surface area contributed by atoms with Crippen LogP contribution in [0.2, 0.25) is 0 Å². The van der Waals surface area contributed by atoms with Gasteiger partial charge in [0.2, 0.25) is 0 Å². The summed E-state index contributed by atoms with van der Waals surface area (Å²) in [5, 5.41) is 0. The maximum atomic E-state index is 12.7. The normalized spacial score (nSPS) is 13.0. The van der Waals surface area contributed by atoms with Crippen LogP contribution in [-0.4, -0.2) is 37.2 Å². The molecule has 0 amide bonds. The zero-order chi connectivity index (χ0) is 41.5. The van der Waals surface area contributed by atoms with Gasteiger partial charge in [0.05, 0.1) is 0 Å². The van der Waals surface area contributed by atoms with Crippen LogP contribution < -0.4 is 0 Å². The second-order valence-electron chi connectivity index (χ2n) is 14.7. The summed E-state index contributed by atoms with van der Waals surface area (Å²) >= 11 is 0. The Kier molecular flexibility index (Phi) is 42.1. The van der Waals surface area contributed by atoms with Crippen LogP contribution in [0.15, 0.2) is 97.2 Å². The average molecular weight is 791 g/mol. The van der Waals surface area contributed by atoms with Gasteiger partial charge in [-0.15, -0.1) is 0 Å². The first-order valence-corrected chi connectivity index (χ1v) is 22.8. The lowest BCUT2D eigenvalue weighted by Crippen LogP contribution is -2.30. The van der Waals surface area contributed by atoms with Gasteiger partial charge in [0.1, 0.15) is 13.2 Å². The molecule has 0 aromatic carbocycles. The summed E-state index contributed by atoms with van der Waals surface area (Å²) < 4.78 is 16.7. The highest BCUT2D eigenvalue weighted by molar-refractivity contribution is 5.71. The van der Waals surface area contributed by atoms with Crippen molar-refractivity contribution in [3.05, 3.63) is 97.2 Å². The lowest BCUT2D eigenvalue weighted by atomic mass is 10.1. The molecule has 322 valence electrons. The highest BCUT2D eigenvalue weighted by Crippen LogP contribution is 2.13. The van der Waals surface area contributed by atoms with Gasteiger partial charge < -0.3 is 14.2 Å². The molecule has 0 aliphatic heterocycles. The van der Waals surface area contributed by atoms with E-state index in [9.17, 15) is 14.4 Å². The molecule has 0 spiro atoms. The predicted molar refractivity (Wildman–Crippen MR) is 242 cm³/mol. The van der Waals surface area contributed by atoms with Crippen LogP contribution in [0.4, 0.5) is 0 Å². The Labute approximate surface area is 349 Å². The number of carbonyl (C=O) groups is 3. The standard InChI is InChI=1S/C51H82O6/c1-4-7-10-13-16-19-22-24-26-28-29-32-35-38-41-44-50(53)56-47-48(46-55-49(52)43-40-37-34-31-21-18-15-12-9-6-3)57-51(54)45-42-39-36-33-30-27-25-23-20-17-14-11-8-5-2/h7-8,10-11,13,15-20,22,24,26,28-29,48H,4-6,9,12,14,21,23,25,27,30-47H2,1-3H3/b10-7-,11-8-,16-13-,18-15-,20-17-,22-19-,26-24-,29-28-. The summed E-state index contributed by atoms with van der Waals surface area (Å²) in [7, 11) is 0. The van der Waals surface area contributed by atoms with Crippen LogP contribution in [0.3, 0.4) is 0 Å². The Bertz CT molecular complexity index is 1180. The molecule has 0 saturated carbocycles. The van der Waals surface area contributed by atoms with E-state index in [0.29, 0.717) is 19.3 Å². The third-order valence-corrected chi connectivity index (χ3v) is 9.18. The molecular formula is C51H82O6. The van der Waals surface area contributed by atoms with Gasteiger partial charge >= 0.3 is 17.9 Å². The fraction of sp³-hybridized carbons (Fsp3) is 0.627. The van der Waals surface area contributed by atoms with Crippen molar-refractivity contribution < 1.29 is 28.6 Å². The molecule has 0 aromatic rings. The summed E-state index contributed by atoms with van der Waals surface area (Å²) in [5.74, 6) is -0.977. The summed E-state index contributed by atoms with van der Waals surface area (Å²) in [6.07, 6.45) is 58.2. The molecular weight excluding hydrogens is 709 g/mol. The van der Waals surface area contributed by atoms with Crippen molar-refractivity contribution >= 4 is 17.9 Å². The van der Waals surface area contributed by atoms with Gasteiger partial charge in [-0.1, -0.05) is 182 Å². The number of hydrogen-bond acceptors (Lipinski definition) is 6. The van der Waals surface area contributed by atoms with Crippen molar-refractivity contribution in [1.29, 1.82) is 0 Å². The van der Waals surface area contributed by atoms with Crippen molar-refractivity contribution in [2.24, 2.45) is 0 Å². The van der Waals surface area contributed by atoms with Crippen LogP contribution in [0.5, 0.6) is 0 Å². The molecule has 0 fully saturated rings. The Morgan fingerprint density at radius 2 is 0.772 bits per heavy atom. The topological polar surface area (TPSA) is 78.9 Å². The minimum absolute atomic E-state index is 0.103. The maximum Gasteiger partial charge on any atom is 0.306 e. The Hall–Kier alpha value is -3.67. The largest absolute Gasteiger partial charge is 0.462 e. The van der Waals surface area contributed by atoms with Crippen molar-refractivity contribution in [3.63, 3.8) is 0 Å². The fourth-order valence-electron chi connectivity index (χ4n) is 5.77. The van der Waals surface area contributed by atoms with Crippen molar-refractivity contribution in [2.75, 3.05) is 13.2 Å². The molecule has 0 bridgehead atoms. The molecule has 0 aliphatic rings. The lowest BCUT2D eigenvalue weighted by Gasteiger charge is -2.18. The van der Waals surface area contributed by atoms with Crippen LogP contribution in [0, 0.1) is 0 Å². The Morgan fingerprint density at radius 1 is 0.386 bits per heavy atom. The van der Waals surface area contributed by atoms with Crippen molar-refractivity contribution in [3.8, 4) is 0 Å². The zero-order valence-corrected chi connectivity index (χ0v) is 36.6. The monoisotopic (exact) mass is 791 g/mol. The molecule has 0 heterocycles. The first-order valence-electron chi connectivity index (χ1n) is 22.8. The molecule has 0 aromatic heterocycles. The predicted octanol–water partition coefficient (Wildman–Crippen LogP) is 14.6. The molecule has 0 saturated heterocycles. The van der Waals surface area contributed by atoms with E-state index >= 15 is 0 Å². The third-order valence-electron chi connectivity index (χ3n) is 9.18. The number of carbonyl (C=O) groups excluding carboxylic acids is 3. The summed E-state index contributed by atoms with van der Waals surface area (Å²) in [4.78, 5) is 37.7. The molecule has 0 rings (SSSR count). The first kappa shape index (κ1) is 53.3. The average Bonchev–Trinajstić information content (AvgIpc) is 3.21. The van der Waals surface area contributed by atoms with E-state index in [1.807, 2.05) is 48.6 Å². The van der Waals surface area contributed by atoms with Gasteiger partial charge in [0, 0.05) is 19.3 Å². The van der Waals surface area contributed by atoms with E-state index in [1.54, 1.807) is 0 Å². The molecule has 1 atom stereocenters. The first-order chi connectivity index (χ1) is 28.0. The lowest BCUT2D eigenvalue weighted by molar-refractivity contribution is -0.167. The molecule has 6 nitrogen and oxygen atoms in total.